The second-order valence-electron chi connectivity index (χ2n) is 4.91. The van der Waals surface area contributed by atoms with Gasteiger partial charge in [0.05, 0.1) is 15.6 Å². The van der Waals surface area contributed by atoms with E-state index in [1.54, 1.807) is 34.9 Å². The van der Waals surface area contributed by atoms with Crippen LogP contribution < -0.4 is 10.6 Å². The van der Waals surface area contributed by atoms with Gasteiger partial charge in [0.2, 0.25) is 0 Å². The van der Waals surface area contributed by atoms with Crippen LogP contribution in [0.2, 0.25) is 0 Å². The van der Waals surface area contributed by atoms with Crippen molar-refractivity contribution in [3.05, 3.63) is 50.9 Å². The minimum Gasteiger partial charge on any atom is -0.370 e. The van der Waals surface area contributed by atoms with Crippen LogP contribution in [0.1, 0.15) is 15.6 Å². The molecule has 0 saturated carbocycles. The number of hydrogen-bond donors (Lipinski definition) is 2. The van der Waals surface area contributed by atoms with Gasteiger partial charge in [0.25, 0.3) is 0 Å². The molecule has 3 rings (SSSR count). The molecule has 3 aromatic rings. The topological polar surface area (TPSA) is 86.5 Å². The molecule has 0 amide bonds. The van der Waals surface area contributed by atoms with Gasteiger partial charge in [0.15, 0.2) is 0 Å². The van der Waals surface area contributed by atoms with E-state index in [0.717, 1.165) is 35.2 Å². The van der Waals surface area contributed by atoms with Crippen molar-refractivity contribution in [3.8, 4) is 6.07 Å². The lowest BCUT2D eigenvalue weighted by Crippen LogP contribution is -2.11. The molecule has 3 aromatic heterocycles. The van der Waals surface area contributed by atoms with Gasteiger partial charge >= 0.3 is 0 Å². The molecule has 3 heterocycles. The van der Waals surface area contributed by atoms with Crippen molar-refractivity contribution in [1.29, 1.82) is 5.26 Å². The predicted molar refractivity (Wildman–Crippen MR) is 97.6 cm³/mol. The summed E-state index contributed by atoms with van der Waals surface area (Å²) in [5.74, 6) is 1.36. The number of pyridine rings is 1. The zero-order valence-electron chi connectivity index (χ0n) is 12.9. The van der Waals surface area contributed by atoms with Crippen LogP contribution >= 0.6 is 22.7 Å². The highest BCUT2D eigenvalue weighted by Crippen LogP contribution is 2.16. The van der Waals surface area contributed by atoms with E-state index in [-0.39, 0.29) is 0 Å². The van der Waals surface area contributed by atoms with Crippen molar-refractivity contribution < 1.29 is 0 Å². The van der Waals surface area contributed by atoms with Gasteiger partial charge in [-0.25, -0.2) is 15.0 Å². The van der Waals surface area contributed by atoms with E-state index in [2.05, 4.69) is 31.7 Å². The smallest absolute Gasteiger partial charge is 0.146 e. The van der Waals surface area contributed by atoms with Gasteiger partial charge in [0.1, 0.15) is 17.7 Å². The lowest BCUT2D eigenvalue weighted by molar-refractivity contribution is 0.972. The number of anilines is 2. The van der Waals surface area contributed by atoms with Crippen molar-refractivity contribution in [3.63, 3.8) is 0 Å². The Morgan fingerprint density at radius 3 is 2.21 bits per heavy atom. The summed E-state index contributed by atoms with van der Waals surface area (Å²) >= 11 is 3.27. The minimum atomic E-state index is 0.541. The number of nitrogens with zero attached hydrogens (tertiary/aromatic N) is 4. The molecule has 8 heteroatoms. The Hall–Kier alpha value is -2.50. The molecule has 0 aliphatic heterocycles. The third-order valence-corrected chi connectivity index (χ3v) is 4.94. The Morgan fingerprint density at radius 2 is 1.62 bits per heavy atom. The Bertz CT molecular complexity index is 793. The van der Waals surface area contributed by atoms with E-state index in [4.69, 9.17) is 0 Å². The Kier molecular flexibility index (Phi) is 5.71. The van der Waals surface area contributed by atoms with Gasteiger partial charge in [-0.2, -0.15) is 5.26 Å². The molecule has 122 valence electrons. The molecule has 0 aliphatic carbocycles. The first-order chi connectivity index (χ1) is 11.8. The second-order valence-corrected chi connectivity index (χ2v) is 6.87. The molecular weight excluding hydrogens is 340 g/mol. The fraction of sp³-hybridized carbons (Fsp3) is 0.250. The molecule has 24 heavy (non-hydrogen) atoms. The first-order valence-corrected chi connectivity index (χ1v) is 9.26. The standard InChI is InChI=1S/C16H16N6S2/c17-11-12-1-2-13(18-5-3-14-19-7-9-23-14)22-16(12)21-6-4-15-20-8-10-24-15/h1-2,7-10H,3-6H2,(H2,18,21,22). The summed E-state index contributed by atoms with van der Waals surface area (Å²) in [7, 11) is 0. The Balaban J connectivity index is 1.56. The molecule has 0 bridgehead atoms. The number of nitrogens with one attached hydrogen (secondary N) is 2. The van der Waals surface area contributed by atoms with Gasteiger partial charge in [-0.1, -0.05) is 0 Å². The predicted octanol–water partition coefficient (Wildman–Crippen LogP) is 3.18. The molecule has 6 nitrogen and oxygen atoms in total. The highest BCUT2D eigenvalue weighted by molar-refractivity contribution is 7.09. The average molecular weight is 356 g/mol. The fourth-order valence-corrected chi connectivity index (χ4v) is 3.36. The van der Waals surface area contributed by atoms with Crippen LogP contribution in [-0.2, 0) is 12.8 Å². The Labute approximate surface area is 148 Å². The summed E-state index contributed by atoms with van der Waals surface area (Å²) in [6.07, 6.45) is 5.27. The first-order valence-electron chi connectivity index (χ1n) is 7.51. The maximum absolute atomic E-state index is 9.23. The van der Waals surface area contributed by atoms with E-state index in [1.807, 2.05) is 23.0 Å². The Morgan fingerprint density at radius 1 is 0.958 bits per heavy atom. The maximum atomic E-state index is 9.23. The molecule has 0 radical (unpaired) electrons. The number of thiazole rings is 2. The summed E-state index contributed by atoms with van der Waals surface area (Å²) < 4.78 is 0. The number of rotatable bonds is 8. The van der Waals surface area contributed by atoms with Crippen molar-refractivity contribution in [2.75, 3.05) is 23.7 Å². The normalized spacial score (nSPS) is 10.3. The zero-order chi connectivity index (χ0) is 16.6. The van der Waals surface area contributed by atoms with Crippen LogP contribution in [-0.4, -0.2) is 28.0 Å². The number of nitriles is 1. The molecule has 0 fully saturated rings. The number of hydrogen-bond acceptors (Lipinski definition) is 8. The van der Waals surface area contributed by atoms with Crippen molar-refractivity contribution in [2.24, 2.45) is 0 Å². The quantitative estimate of drug-likeness (QED) is 0.645. The lowest BCUT2D eigenvalue weighted by atomic mass is 10.2. The van der Waals surface area contributed by atoms with E-state index in [1.165, 1.54) is 0 Å². The van der Waals surface area contributed by atoms with Gasteiger partial charge in [0, 0.05) is 49.1 Å². The van der Waals surface area contributed by atoms with Crippen molar-refractivity contribution in [1.82, 2.24) is 15.0 Å². The van der Waals surface area contributed by atoms with Crippen LogP contribution in [0.3, 0.4) is 0 Å². The van der Waals surface area contributed by atoms with E-state index in [0.29, 0.717) is 17.9 Å². The molecule has 0 unspecified atom stereocenters. The minimum absolute atomic E-state index is 0.541. The second kappa shape index (κ2) is 8.38. The highest BCUT2D eigenvalue weighted by atomic mass is 32.1. The van der Waals surface area contributed by atoms with Crippen LogP contribution in [0.5, 0.6) is 0 Å². The van der Waals surface area contributed by atoms with Crippen LogP contribution in [0.4, 0.5) is 11.6 Å². The van der Waals surface area contributed by atoms with Crippen molar-refractivity contribution in [2.45, 2.75) is 12.8 Å². The molecule has 0 aromatic carbocycles. The summed E-state index contributed by atoms with van der Waals surface area (Å²) in [5, 5.41) is 21.8. The summed E-state index contributed by atoms with van der Waals surface area (Å²) in [4.78, 5) is 13.0. The summed E-state index contributed by atoms with van der Waals surface area (Å²) in [5.41, 5.74) is 0.541. The molecular formula is C16H16N6S2. The largest absolute Gasteiger partial charge is 0.370 e. The van der Waals surface area contributed by atoms with Crippen LogP contribution in [0.25, 0.3) is 0 Å². The summed E-state index contributed by atoms with van der Waals surface area (Å²) in [6, 6.07) is 5.78. The lowest BCUT2D eigenvalue weighted by Gasteiger charge is -2.10. The van der Waals surface area contributed by atoms with Gasteiger partial charge < -0.3 is 10.6 Å². The average Bonchev–Trinajstić information content (AvgIpc) is 3.29. The summed E-state index contributed by atoms with van der Waals surface area (Å²) in [6.45, 7) is 1.45. The first kappa shape index (κ1) is 16.4. The van der Waals surface area contributed by atoms with Crippen molar-refractivity contribution >= 4 is 34.3 Å². The molecule has 0 saturated heterocycles. The van der Waals surface area contributed by atoms with E-state index in [9.17, 15) is 5.26 Å². The van der Waals surface area contributed by atoms with Gasteiger partial charge in [-0.3, -0.25) is 0 Å². The zero-order valence-corrected chi connectivity index (χ0v) is 14.5. The molecule has 0 atom stereocenters. The van der Waals surface area contributed by atoms with Crippen LogP contribution in [0, 0.1) is 11.3 Å². The molecule has 0 aliphatic rings. The SMILES string of the molecule is N#Cc1ccc(NCCc2nccs2)nc1NCCc1nccs1. The highest BCUT2D eigenvalue weighted by Gasteiger charge is 2.06. The molecule has 0 spiro atoms. The van der Waals surface area contributed by atoms with E-state index >= 15 is 0 Å². The maximum Gasteiger partial charge on any atom is 0.146 e. The fourth-order valence-electron chi connectivity index (χ4n) is 2.12. The third-order valence-electron chi connectivity index (χ3n) is 3.26. The molecule has 2 N–H and O–H groups in total. The monoisotopic (exact) mass is 356 g/mol. The van der Waals surface area contributed by atoms with Gasteiger partial charge in [-0.15, -0.1) is 22.7 Å². The number of aromatic nitrogens is 3. The van der Waals surface area contributed by atoms with Crippen LogP contribution in [0.15, 0.2) is 35.3 Å². The van der Waals surface area contributed by atoms with Gasteiger partial charge in [-0.05, 0) is 12.1 Å². The van der Waals surface area contributed by atoms with E-state index < -0.39 is 0 Å². The third kappa shape index (κ3) is 4.50.